The molecule has 14 nitrogen and oxygen atoms in total. The topological polar surface area (TPSA) is 196 Å². The molecule has 6 aromatic rings. The Morgan fingerprint density at radius 3 is 1.20 bits per heavy atom. The van der Waals surface area contributed by atoms with Gasteiger partial charge in [0.15, 0.2) is 0 Å². The lowest BCUT2D eigenvalue weighted by Gasteiger charge is -2.42. The molecule has 0 unspecified atom stereocenters. The van der Waals surface area contributed by atoms with Gasteiger partial charge in [0.05, 0.1) is 49.5 Å². The summed E-state index contributed by atoms with van der Waals surface area (Å²) in [5, 5.41) is 38.5. The Bertz CT molecular complexity index is 3410. The van der Waals surface area contributed by atoms with E-state index in [1.807, 2.05) is 106 Å². The van der Waals surface area contributed by atoms with Gasteiger partial charge in [-0.2, -0.15) is 0 Å². The zero-order chi connectivity index (χ0) is 63.1. The monoisotopic (exact) mass is 1210 g/mol. The minimum atomic E-state index is -1.00. The Balaban J connectivity index is 0.000000182. The van der Waals surface area contributed by atoms with Crippen molar-refractivity contribution in [2.75, 3.05) is 26.4 Å². The van der Waals surface area contributed by atoms with Crippen LogP contribution in [0.25, 0.3) is 22.3 Å². The lowest BCUT2D eigenvalue weighted by molar-refractivity contribution is -0.158. The van der Waals surface area contributed by atoms with E-state index in [2.05, 4.69) is 9.97 Å². The van der Waals surface area contributed by atoms with E-state index in [1.54, 1.807) is 12.4 Å². The highest BCUT2D eigenvalue weighted by molar-refractivity contribution is 5.81. The molecule has 0 aliphatic heterocycles. The van der Waals surface area contributed by atoms with E-state index in [0.29, 0.717) is 73.3 Å². The molecule has 4 N–H and O–H groups in total. The first-order chi connectivity index (χ1) is 41.5. The molecule has 6 aliphatic rings. The number of aryl methyl sites for hydroxylation is 4. The van der Waals surface area contributed by atoms with E-state index in [-0.39, 0.29) is 108 Å². The van der Waals surface area contributed by atoms with Gasteiger partial charge in [-0.15, -0.1) is 0 Å². The highest BCUT2D eigenvalue weighted by Crippen LogP contribution is 2.63. The average Bonchev–Trinajstić information content (AvgIpc) is 1.56. The fourth-order valence-electron chi connectivity index (χ4n) is 14.0. The number of halogens is 4. The van der Waals surface area contributed by atoms with Crippen molar-refractivity contribution in [3.63, 3.8) is 0 Å². The molecule has 2 heterocycles. The maximum atomic E-state index is 15.1. The Morgan fingerprint density at radius 2 is 0.875 bits per heavy atom. The van der Waals surface area contributed by atoms with Crippen LogP contribution in [0.1, 0.15) is 135 Å². The number of hydrogen-bond donors (Lipinski definition) is 4. The van der Waals surface area contributed by atoms with Crippen molar-refractivity contribution in [2.24, 2.45) is 35.5 Å². The molecule has 0 amide bonds. The van der Waals surface area contributed by atoms with Crippen LogP contribution in [0.15, 0.2) is 73.1 Å². The van der Waals surface area contributed by atoms with E-state index in [1.165, 1.54) is 12.1 Å². The third kappa shape index (κ3) is 13.1. The number of benzene rings is 4. The van der Waals surface area contributed by atoms with Gasteiger partial charge in [0.1, 0.15) is 59.2 Å². The molecule has 2 aromatic heterocycles. The number of rotatable bonds is 18. The van der Waals surface area contributed by atoms with Gasteiger partial charge in [-0.05, 0) is 223 Å². The number of carbonyl (C=O) groups is 2. The Morgan fingerprint density at radius 1 is 0.523 bits per heavy atom. The highest BCUT2D eigenvalue weighted by Gasteiger charge is 2.62. The van der Waals surface area contributed by atoms with Gasteiger partial charge in [-0.25, -0.2) is 27.5 Å². The van der Waals surface area contributed by atoms with E-state index in [0.717, 1.165) is 69.5 Å². The van der Waals surface area contributed by atoms with Crippen molar-refractivity contribution in [1.82, 2.24) is 9.97 Å². The minimum Gasteiger partial charge on any atom is -0.493 e. The molecule has 18 heteroatoms. The van der Waals surface area contributed by atoms with Crippen molar-refractivity contribution < 1.29 is 76.0 Å². The fourth-order valence-corrected chi connectivity index (χ4v) is 14.0. The van der Waals surface area contributed by atoms with Crippen LogP contribution in [-0.4, -0.2) is 91.2 Å². The second-order valence-corrected chi connectivity index (χ2v) is 27.6. The van der Waals surface area contributed by atoms with Crippen LogP contribution in [0.2, 0.25) is 0 Å². The number of aliphatic hydroxyl groups is 4. The number of hydrogen-bond acceptors (Lipinski definition) is 14. The fraction of sp³-hybridized carbons (Fsp3) is 0.486. The maximum absolute atomic E-state index is 15.1. The molecule has 468 valence electrons. The van der Waals surface area contributed by atoms with Crippen LogP contribution in [0.3, 0.4) is 0 Å². The molecule has 0 radical (unpaired) electrons. The molecule has 6 aliphatic carbocycles. The first kappa shape index (κ1) is 62.5. The van der Waals surface area contributed by atoms with Gasteiger partial charge in [0.2, 0.25) is 11.8 Å². The SMILES string of the molecule is Cc1cc(OCC2CC(O)(CO)C2)cc(C)c1-c1cc(COc2cc3c(cn2)[C@H]2[C@@H](C3)[C@@H]2C(=O)OC(C)(C)C)c(F)cc1F.Cc1cc(OCC2CC(O)(CO)C2)cc(C)c1-c1cc(COc2cc3c(cn2)[C@H]2[C@@H](C3)[C@@H]2C(=O)OC(C)(C)C)c(F)cc1F. The summed E-state index contributed by atoms with van der Waals surface area (Å²) in [6.45, 7) is 18.7. The minimum absolute atomic E-state index is 0.117. The second-order valence-electron chi connectivity index (χ2n) is 27.6. The normalized spacial score (nSPS) is 25.1. The van der Waals surface area contributed by atoms with Crippen LogP contribution >= 0.6 is 0 Å². The summed E-state index contributed by atoms with van der Waals surface area (Å²) in [6, 6.07) is 15.7. The number of esters is 2. The largest absolute Gasteiger partial charge is 0.493 e. The number of aliphatic hydroxyl groups excluding tert-OH is 2. The first-order valence-electron chi connectivity index (χ1n) is 30.3. The smallest absolute Gasteiger partial charge is 0.310 e. The van der Waals surface area contributed by atoms with Gasteiger partial charge >= 0.3 is 11.9 Å². The highest BCUT2D eigenvalue weighted by atomic mass is 19.1. The molecular weight excluding hydrogens is 1140 g/mol. The number of carbonyl (C=O) groups excluding carboxylic acids is 2. The third-order valence-corrected chi connectivity index (χ3v) is 18.1. The van der Waals surface area contributed by atoms with Crippen molar-refractivity contribution in [1.29, 1.82) is 0 Å². The van der Waals surface area contributed by atoms with Crippen molar-refractivity contribution in [3.05, 3.63) is 152 Å². The van der Waals surface area contributed by atoms with Gasteiger partial charge in [-0.3, -0.25) is 9.59 Å². The molecule has 0 spiro atoms. The molecule has 0 saturated heterocycles. The average molecular weight is 1220 g/mol. The van der Waals surface area contributed by atoms with Crippen LogP contribution in [-0.2, 0) is 45.1 Å². The Labute approximate surface area is 510 Å². The summed E-state index contributed by atoms with van der Waals surface area (Å²) in [4.78, 5) is 34.0. The van der Waals surface area contributed by atoms with E-state index in [4.69, 9.17) is 28.4 Å². The summed E-state index contributed by atoms with van der Waals surface area (Å²) in [5.74, 6) is -0.412. The number of pyridine rings is 2. The molecule has 4 fully saturated rings. The van der Waals surface area contributed by atoms with Crippen LogP contribution in [0, 0.1) is 86.5 Å². The molecule has 0 bridgehead atoms. The number of nitrogens with zero attached hydrogens (tertiary/aromatic N) is 2. The third-order valence-electron chi connectivity index (χ3n) is 18.1. The molecular formula is C70H78F4N2O12. The number of ether oxygens (including phenoxy) is 6. The zero-order valence-electron chi connectivity index (χ0n) is 51.5. The van der Waals surface area contributed by atoms with Gasteiger partial charge in [0.25, 0.3) is 0 Å². The number of fused-ring (bicyclic) bond motifs is 6. The summed E-state index contributed by atoms with van der Waals surface area (Å²) in [5.41, 5.74) is 6.53. The van der Waals surface area contributed by atoms with E-state index in [9.17, 15) is 38.8 Å². The van der Waals surface area contributed by atoms with Crippen LogP contribution in [0.5, 0.6) is 23.3 Å². The summed E-state index contributed by atoms with van der Waals surface area (Å²) in [6.07, 6.45) is 6.90. The van der Waals surface area contributed by atoms with Gasteiger partial charge < -0.3 is 48.8 Å². The standard InChI is InChI=1S/2C35H39F2NO6/c2*1-18-6-23(42-15-20-12-35(41,13-20)17-39)7-19(2)30(18)24-9-22(27(36)11-28(24)37)16-43-29-10-21-8-25-31(26(21)14-38-29)32(25)33(40)44-34(3,4)5/h2*6-7,9-11,14,20,25,31-32,39,41H,8,12-13,15-17H2,1-5H3/t2*20?,25-,31-,32+,35?/m11/s1. The summed E-state index contributed by atoms with van der Waals surface area (Å²) >= 11 is 0. The molecule has 4 saturated carbocycles. The van der Waals surface area contributed by atoms with Crippen LogP contribution in [0.4, 0.5) is 17.6 Å². The number of aromatic nitrogens is 2. The van der Waals surface area contributed by atoms with Crippen molar-refractivity contribution in [2.45, 2.75) is 155 Å². The lowest BCUT2D eigenvalue weighted by atomic mass is 9.72. The Hall–Kier alpha value is -7.12. The van der Waals surface area contributed by atoms with Gasteiger partial charge in [-0.1, -0.05) is 0 Å². The zero-order valence-corrected chi connectivity index (χ0v) is 51.5. The van der Waals surface area contributed by atoms with E-state index >= 15 is 8.78 Å². The quantitative estimate of drug-likeness (QED) is 0.0468. The van der Waals surface area contributed by atoms with Crippen molar-refractivity contribution >= 4 is 11.9 Å². The molecule has 6 atom stereocenters. The Kier molecular flexibility index (Phi) is 16.8. The molecule has 12 rings (SSSR count). The molecule has 88 heavy (non-hydrogen) atoms. The predicted molar refractivity (Wildman–Crippen MR) is 319 cm³/mol. The van der Waals surface area contributed by atoms with Crippen LogP contribution < -0.4 is 18.9 Å². The van der Waals surface area contributed by atoms with E-state index < -0.39 is 45.7 Å². The van der Waals surface area contributed by atoms with Crippen molar-refractivity contribution in [3.8, 4) is 45.5 Å². The summed E-state index contributed by atoms with van der Waals surface area (Å²) in [7, 11) is 0. The second kappa shape index (κ2) is 23.7. The molecule has 4 aromatic carbocycles. The predicted octanol–water partition coefficient (Wildman–Crippen LogP) is 11.9. The maximum Gasteiger partial charge on any atom is 0.310 e. The lowest BCUT2D eigenvalue weighted by Crippen LogP contribution is -2.48. The van der Waals surface area contributed by atoms with Gasteiger partial charge in [0, 0.05) is 70.7 Å². The summed E-state index contributed by atoms with van der Waals surface area (Å²) < 4.78 is 94.8. The first-order valence-corrected chi connectivity index (χ1v) is 30.3.